The van der Waals surface area contributed by atoms with Crippen LogP contribution < -0.4 is 10.5 Å². The average Bonchev–Trinajstić information content (AvgIpc) is 3.00. The number of anilines is 1. The van der Waals surface area contributed by atoms with Gasteiger partial charge in [0.2, 0.25) is 0 Å². The lowest BCUT2D eigenvalue weighted by Crippen LogP contribution is -2.49. The highest BCUT2D eigenvalue weighted by atomic mass is 16.5. The largest absolute Gasteiger partial charge is 0.469 e. The van der Waals surface area contributed by atoms with E-state index in [1.807, 2.05) is 24.3 Å². The van der Waals surface area contributed by atoms with Crippen molar-refractivity contribution in [2.75, 3.05) is 25.1 Å². The summed E-state index contributed by atoms with van der Waals surface area (Å²) in [5, 5.41) is 16.4. The molecule has 1 heterocycles. The van der Waals surface area contributed by atoms with Crippen LogP contribution in [0.5, 0.6) is 0 Å². The molecule has 7 nitrogen and oxygen atoms in total. The summed E-state index contributed by atoms with van der Waals surface area (Å²) in [6, 6.07) is 7.82. The third kappa shape index (κ3) is 3.27. The first-order valence-electron chi connectivity index (χ1n) is 9.28. The highest BCUT2D eigenvalue weighted by Gasteiger charge is 2.51. The van der Waals surface area contributed by atoms with Gasteiger partial charge in [-0.15, -0.1) is 0 Å². The van der Waals surface area contributed by atoms with Crippen LogP contribution in [0.1, 0.15) is 43.5 Å². The molecule has 0 radical (unpaired) electrons. The van der Waals surface area contributed by atoms with Crippen LogP contribution >= 0.6 is 0 Å². The number of nitrogens with one attached hydrogen (secondary N) is 2. The van der Waals surface area contributed by atoms with Gasteiger partial charge in [-0.05, 0) is 38.5 Å². The number of aromatic nitrogens is 2. The molecule has 0 bridgehead atoms. The van der Waals surface area contributed by atoms with Crippen molar-refractivity contribution in [1.29, 1.82) is 0 Å². The van der Waals surface area contributed by atoms with E-state index in [9.17, 15) is 14.7 Å². The zero-order valence-electron chi connectivity index (χ0n) is 16.2. The number of nitrogens with zero attached hydrogens (tertiary/aromatic N) is 1. The molecule has 0 spiro atoms. The summed E-state index contributed by atoms with van der Waals surface area (Å²) in [4.78, 5) is 27.2. The third-order valence-electron chi connectivity index (χ3n) is 5.58. The minimum atomic E-state index is -1.34. The van der Waals surface area contributed by atoms with Gasteiger partial charge in [0, 0.05) is 42.4 Å². The van der Waals surface area contributed by atoms with Gasteiger partial charge >= 0.3 is 5.97 Å². The van der Waals surface area contributed by atoms with E-state index in [0.717, 1.165) is 24.3 Å². The van der Waals surface area contributed by atoms with Crippen molar-refractivity contribution < 1.29 is 14.6 Å². The van der Waals surface area contributed by atoms with Crippen LogP contribution in [0.15, 0.2) is 29.1 Å². The smallest absolute Gasteiger partial charge is 0.312 e. The summed E-state index contributed by atoms with van der Waals surface area (Å²) in [6.07, 6.45) is 0.175. The quantitative estimate of drug-likeness (QED) is 0.694. The number of benzene rings is 1. The number of esters is 1. The molecule has 27 heavy (non-hydrogen) atoms. The van der Waals surface area contributed by atoms with Crippen molar-refractivity contribution in [1.82, 2.24) is 10.2 Å². The van der Waals surface area contributed by atoms with Gasteiger partial charge in [0.15, 0.2) is 0 Å². The zero-order chi connectivity index (χ0) is 19.8. The first kappa shape index (κ1) is 19.2. The molecule has 3 atom stereocenters. The van der Waals surface area contributed by atoms with Crippen LogP contribution in [0, 0.1) is 5.92 Å². The molecule has 0 fully saturated rings. The molecule has 0 amide bonds. The maximum atomic E-state index is 12.6. The number of methoxy groups -OCH3 is 1. The Labute approximate surface area is 158 Å². The summed E-state index contributed by atoms with van der Waals surface area (Å²) in [5.74, 6) is -1.98. The van der Waals surface area contributed by atoms with Crippen LogP contribution in [0.4, 0.5) is 5.69 Å². The molecule has 7 heteroatoms. The molecule has 1 aromatic carbocycles. The van der Waals surface area contributed by atoms with Gasteiger partial charge < -0.3 is 19.8 Å². The van der Waals surface area contributed by atoms with E-state index in [4.69, 9.17) is 4.74 Å². The molecule has 0 saturated heterocycles. The lowest BCUT2D eigenvalue weighted by Gasteiger charge is -2.40. The number of hydrogen-bond donors (Lipinski definition) is 3. The number of aromatic amines is 2. The number of carbonyl (C=O) groups is 1. The van der Waals surface area contributed by atoms with Gasteiger partial charge in [-0.25, -0.2) is 0 Å². The van der Waals surface area contributed by atoms with Crippen molar-refractivity contribution in [2.45, 2.75) is 38.7 Å². The fraction of sp³-hybridized carbons (Fsp3) is 0.500. The lowest BCUT2D eigenvalue weighted by atomic mass is 9.66. The lowest BCUT2D eigenvalue weighted by molar-refractivity contribution is -0.156. The van der Waals surface area contributed by atoms with Gasteiger partial charge in [-0.3, -0.25) is 14.7 Å². The number of H-pyrrole nitrogens is 2. The summed E-state index contributed by atoms with van der Waals surface area (Å²) in [5.41, 5.74) is 1.38. The van der Waals surface area contributed by atoms with Crippen LogP contribution in [0.25, 0.3) is 0 Å². The Bertz CT molecular complexity index is 862. The van der Waals surface area contributed by atoms with Crippen molar-refractivity contribution in [2.24, 2.45) is 5.92 Å². The molecule has 0 unspecified atom stereocenters. The summed E-state index contributed by atoms with van der Waals surface area (Å²) >= 11 is 0. The number of carbonyl (C=O) groups excluding carboxylic acids is 1. The van der Waals surface area contributed by atoms with Gasteiger partial charge in [0.05, 0.1) is 18.6 Å². The molecule has 3 rings (SSSR count). The van der Waals surface area contributed by atoms with Gasteiger partial charge in [0.1, 0.15) is 0 Å². The van der Waals surface area contributed by atoms with Crippen molar-refractivity contribution in [3.05, 3.63) is 51.4 Å². The van der Waals surface area contributed by atoms with E-state index in [1.165, 1.54) is 7.11 Å². The Morgan fingerprint density at radius 3 is 2.44 bits per heavy atom. The summed E-state index contributed by atoms with van der Waals surface area (Å²) < 4.78 is 4.98. The van der Waals surface area contributed by atoms with Crippen molar-refractivity contribution >= 4 is 11.7 Å². The molecule has 1 aromatic heterocycles. The molecular weight excluding hydrogens is 346 g/mol. The number of hydrogen-bond acceptors (Lipinski definition) is 5. The Hall–Kier alpha value is -2.54. The van der Waals surface area contributed by atoms with Crippen LogP contribution in [0.3, 0.4) is 0 Å². The molecule has 1 aliphatic carbocycles. The zero-order valence-corrected chi connectivity index (χ0v) is 16.2. The minimum absolute atomic E-state index is 0.175. The standard InChI is InChI=1S/C20H27N3O4/c1-5-23(6-2)13-9-7-12(8-10-13)15-16-14(21-22-18(16)24)11-20(3,26)17(15)19(25)27-4/h7-10,15,17,26H,5-6,11H2,1-4H3,(H2,21,22,24)/t15-,17+,20-/m0/s1. The Morgan fingerprint density at radius 2 is 1.89 bits per heavy atom. The molecular formula is C20H27N3O4. The maximum absolute atomic E-state index is 12.6. The van der Waals surface area contributed by atoms with E-state index in [-0.39, 0.29) is 12.0 Å². The van der Waals surface area contributed by atoms with E-state index >= 15 is 0 Å². The number of ether oxygens (including phenoxy) is 1. The monoisotopic (exact) mass is 373 g/mol. The highest BCUT2D eigenvalue weighted by Crippen LogP contribution is 2.44. The number of rotatable bonds is 5. The third-order valence-corrected chi connectivity index (χ3v) is 5.58. The normalized spacial score (nSPS) is 24.3. The van der Waals surface area contributed by atoms with Crippen LogP contribution in [0.2, 0.25) is 0 Å². The van der Waals surface area contributed by atoms with Crippen LogP contribution in [-0.2, 0) is 16.0 Å². The van der Waals surface area contributed by atoms with E-state index in [2.05, 4.69) is 28.9 Å². The number of aliphatic hydroxyl groups is 1. The van der Waals surface area contributed by atoms with Crippen molar-refractivity contribution in [3.63, 3.8) is 0 Å². The SMILES string of the molecule is CCN(CC)c1ccc([C@H]2c3c([nH][nH]c3=O)C[C@](C)(O)[C@H]2C(=O)OC)cc1. The molecule has 0 saturated carbocycles. The first-order chi connectivity index (χ1) is 12.8. The fourth-order valence-corrected chi connectivity index (χ4v) is 4.22. The summed E-state index contributed by atoms with van der Waals surface area (Å²) in [6.45, 7) is 7.57. The van der Waals surface area contributed by atoms with Gasteiger partial charge in [0.25, 0.3) is 5.56 Å². The number of fused-ring (bicyclic) bond motifs is 1. The second-order valence-corrected chi connectivity index (χ2v) is 7.25. The molecule has 1 aliphatic rings. The highest BCUT2D eigenvalue weighted by molar-refractivity contribution is 5.77. The molecule has 2 aromatic rings. The fourth-order valence-electron chi connectivity index (χ4n) is 4.22. The Balaban J connectivity index is 2.13. The predicted molar refractivity (Wildman–Crippen MR) is 103 cm³/mol. The molecule has 0 aliphatic heterocycles. The van der Waals surface area contributed by atoms with E-state index in [1.54, 1.807) is 6.92 Å². The predicted octanol–water partition coefficient (Wildman–Crippen LogP) is 1.78. The maximum Gasteiger partial charge on any atom is 0.312 e. The van der Waals surface area contributed by atoms with Crippen molar-refractivity contribution in [3.8, 4) is 0 Å². The Kier molecular flexibility index (Phi) is 5.15. The minimum Gasteiger partial charge on any atom is -0.469 e. The van der Waals surface area contributed by atoms with Gasteiger partial charge in [-0.2, -0.15) is 0 Å². The molecule has 146 valence electrons. The second-order valence-electron chi connectivity index (χ2n) is 7.25. The summed E-state index contributed by atoms with van der Waals surface area (Å²) in [7, 11) is 1.30. The second kappa shape index (κ2) is 7.23. The topological polar surface area (TPSA) is 98.4 Å². The average molecular weight is 373 g/mol. The van der Waals surface area contributed by atoms with Crippen LogP contribution in [-0.4, -0.2) is 47.1 Å². The molecule has 3 N–H and O–H groups in total. The first-order valence-corrected chi connectivity index (χ1v) is 9.28. The Morgan fingerprint density at radius 1 is 1.26 bits per heavy atom. The van der Waals surface area contributed by atoms with E-state index in [0.29, 0.717) is 11.3 Å². The van der Waals surface area contributed by atoms with E-state index < -0.39 is 23.4 Å². The van der Waals surface area contributed by atoms with Gasteiger partial charge in [-0.1, -0.05) is 12.1 Å².